The van der Waals surface area contributed by atoms with E-state index in [1.54, 1.807) is 0 Å². The summed E-state index contributed by atoms with van der Waals surface area (Å²) in [4.78, 5) is 0. The van der Waals surface area contributed by atoms with Crippen LogP contribution in [0.2, 0.25) is 0 Å². The highest BCUT2D eigenvalue weighted by atomic mass is 79.9. The van der Waals surface area contributed by atoms with Gasteiger partial charge in [-0.2, -0.15) is 0 Å². The molecule has 0 N–H and O–H groups in total. The molecule has 4 aromatic carbocycles. The van der Waals surface area contributed by atoms with Crippen LogP contribution in [0, 0.1) is 0 Å². The van der Waals surface area contributed by atoms with Gasteiger partial charge in [0, 0.05) is 0 Å². The Balaban J connectivity index is 1.38. The van der Waals surface area contributed by atoms with Crippen LogP contribution in [0.3, 0.4) is 0 Å². The topological polar surface area (TPSA) is 46.2 Å². The average Bonchev–Trinajstić information content (AvgIpc) is 3.00. The van der Waals surface area contributed by atoms with Gasteiger partial charge in [0.1, 0.15) is 23.3 Å². The molecule has 6 heteroatoms. The van der Waals surface area contributed by atoms with Gasteiger partial charge in [-0.1, -0.05) is 137 Å². The summed E-state index contributed by atoms with van der Waals surface area (Å²) in [6.45, 7) is 1.61. The van der Waals surface area contributed by atoms with Crippen LogP contribution in [0.15, 0.2) is 121 Å². The molecular weight excluding hydrogens is 556 g/mol. The lowest BCUT2D eigenvalue weighted by Crippen LogP contribution is -2.59. The zero-order valence-electron chi connectivity index (χ0n) is 21.7. The number of benzene rings is 4. The molecule has 1 saturated heterocycles. The largest absolute Gasteiger partial charge is 0.368 e. The zero-order chi connectivity index (χ0) is 26.7. The first-order valence-corrected chi connectivity index (χ1v) is 14.1. The number of ether oxygens (including phenoxy) is 5. The zero-order valence-corrected chi connectivity index (χ0v) is 23.3. The second kappa shape index (κ2) is 14.5. The van der Waals surface area contributed by atoms with E-state index in [-0.39, 0.29) is 0 Å². The smallest absolute Gasteiger partial charge is 0.188 e. The molecule has 0 aliphatic carbocycles. The van der Waals surface area contributed by atoms with Crippen molar-refractivity contribution in [3.8, 4) is 0 Å². The van der Waals surface area contributed by atoms with E-state index in [9.17, 15) is 0 Å². The highest BCUT2D eigenvalue weighted by Crippen LogP contribution is 2.33. The normalized spacial score (nSPS) is 22.9. The molecule has 1 aliphatic rings. The molecule has 202 valence electrons. The van der Waals surface area contributed by atoms with E-state index in [1.165, 1.54) is 0 Å². The summed E-state index contributed by atoms with van der Waals surface area (Å²) in [5.74, 6) is 0. The monoisotopic (exact) mass is 588 g/mol. The van der Waals surface area contributed by atoms with Crippen LogP contribution in [-0.2, 0) is 50.1 Å². The van der Waals surface area contributed by atoms with Crippen LogP contribution < -0.4 is 0 Å². The van der Waals surface area contributed by atoms with Crippen molar-refractivity contribution in [2.24, 2.45) is 0 Å². The van der Waals surface area contributed by atoms with Crippen LogP contribution in [0.1, 0.15) is 22.3 Å². The fourth-order valence-electron chi connectivity index (χ4n) is 4.49. The van der Waals surface area contributed by atoms with Gasteiger partial charge in [-0.15, -0.1) is 0 Å². The molecule has 0 saturated carbocycles. The molecule has 0 radical (unpaired) electrons. The summed E-state index contributed by atoms with van der Waals surface area (Å²) < 4.78 is 32.2. The minimum absolute atomic E-state index is 0.386. The molecule has 0 spiro atoms. The lowest BCUT2D eigenvalue weighted by molar-refractivity contribution is -0.308. The number of hydrogen-bond acceptors (Lipinski definition) is 5. The number of halogens is 1. The van der Waals surface area contributed by atoms with E-state index in [2.05, 4.69) is 15.9 Å². The summed E-state index contributed by atoms with van der Waals surface area (Å²) in [5, 5.41) is -0.459. The van der Waals surface area contributed by atoms with Gasteiger partial charge in [-0.25, -0.2) is 0 Å². The van der Waals surface area contributed by atoms with Gasteiger partial charge in [-0.3, -0.25) is 0 Å². The maximum atomic E-state index is 6.58. The first-order valence-electron chi connectivity index (χ1n) is 13.2. The lowest BCUT2D eigenvalue weighted by atomic mass is 10.0. The first kappa shape index (κ1) is 27.7. The Morgan fingerprint density at radius 2 is 0.769 bits per heavy atom. The molecule has 1 aliphatic heterocycles. The molecule has 0 amide bonds. The summed E-state index contributed by atoms with van der Waals surface area (Å²) in [6.07, 6.45) is -2.11. The van der Waals surface area contributed by atoms with E-state index in [1.807, 2.05) is 121 Å². The quantitative estimate of drug-likeness (QED) is 0.166. The standard InChI is InChI=1S/C33H33BrO5/c34-32-30(36-22-26-15-7-2-8-16-26)29(35-21-25-13-5-1-6-14-25)31(37-23-27-17-9-3-10-18-27)33(39-32)38-24-28-19-11-4-12-20-28/h1-20,29-33H,21-24H2. The van der Waals surface area contributed by atoms with Crippen molar-refractivity contribution in [2.45, 2.75) is 56.0 Å². The highest BCUT2D eigenvalue weighted by molar-refractivity contribution is 9.09. The Labute approximate surface area is 238 Å². The van der Waals surface area contributed by atoms with E-state index < -0.39 is 29.6 Å². The molecule has 39 heavy (non-hydrogen) atoms. The Kier molecular flexibility index (Phi) is 10.3. The number of alkyl halides is 1. The molecule has 1 heterocycles. The van der Waals surface area contributed by atoms with Crippen molar-refractivity contribution >= 4 is 15.9 Å². The van der Waals surface area contributed by atoms with Crippen LogP contribution in [0.5, 0.6) is 0 Å². The molecule has 5 unspecified atom stereocenters. The second-order valence-corrected chi connectivity index (χ2v) is 10.3. The van der Waals surface area contributed by atoms with Crippen molar-refractivity contribution < 1.29 is 23.7 Å². The first-order chi connectivity index (χ1) is 19.3. The van der Waals surface area contributed by atoms with Gasteiger partial charge >= 0.3 is 0 Å². The van der Waals surface area contributed by atoms with Gasteiger partial charge in [0.05, 0.1) is 26.4 Å². The van der Waals surface area contributed by atoms with E-state index in [0.29, 0.717) is 26.4 Å². The van der Waals surface area contributed by atoms with E-state index >= 15 is 0 Å². The van der Waals surface area contributed by atoms with Gasteiger partial charge in [-0.05, 0) is 22.3 Å². The summed E-state index contributed by atoms with van der Waals surface area (Å²) >= 11 is 3.72. The van der Waals surface area contributed by atoms with Crippen molar-refractivity contribution in [1.29, 1.82) is 0 Å². The molecule has 4 aromatic rings. The van der Waals surface area contributed by atoms with E-state index in [0.717, 1.165) is 22.3 Å². The third-order valence-corrected chi connectivity index (χ3v) is 7.29. The van der Waals surface area contributed by atoms with E-state index in [4.69, 9.17) is 23.7 Å². The molecule has 5 rings (SSSR count). The van der Waals surface area contributed by atoms with Gasteiger partial charge in [0.25, 0.3) is 0 Å². The molecule has 1 fully saturated rings. The maximum absolute atomic E-state index is 6.58. The minimum Gasteiger partial charge on any atom is -0.368 e. The van der Waals surface area contributed by atoms with Crippen LogP contribution in [-0.4, -0.2) is 29.6 Å². The van der Waals surface area contributed by atoms with Crippen LogP contribution in [0.4, 0.5) is 0 Å². The van der Waals surface area contributed by atoms with Gasteiger partial charge in [0.15, 0.2) is 6.29 Å². The molecule has 0 aromatic heterocycles. The summed E-state index contributed by atoms with van der Waals surface area (Å²) in [7, 11) is 0. The fraction of sp³-hybridized carbons (Fsp3) is 0.273. The van der Waals surface area contributed by atoms with Gasteiger partial charge < -0.3 is 23.7 Å². The van der Waals surface area contributed by atoms with Crippen LogP contribution in [0.25, 0.3) is 0 Å². The molecule has 0 bridgehead atoms. The molecule has 5 atom stereocenters. The number of hydrogen-bond donors (Lipinski definition) is 0. The van der Waals surface area contributed by atoms with Crippen molar-refractivity contribution in [1.82, 2.24) is 0 Å². The summed E-state index contributed by atoms with van der Waals surface area (Å²) in [5.41, 5.74) is 4.26. The average molecular weight is 590 g/mol. The minimum atomic E-state index is -0.671. The molecular formula is C33H33BrO5. The predicted molar refractivity (Wildman–Crippen MR) is 154 cm³/mol. The highest BCUT2D eigenvalue weighted by Gasteiger charge is 2.48. The Bertz CT molecular complexity index is 1230. The van der Waals surface area contributed by atoms with Crippen LogP contribution >= 0.6 is 15.9 Å². The maximum Gasteiger partial charge on any atom is 0.188 e. The third-order valence-electron chi connectivity index (χ3n) is 6.55. The molecule has 5 nitrogen and oxygen atoms in total. The Morgan fingerprint density at radius 1 is 0.436 bits per heavy atom. The Hall–Kier alpha value is -2.84. The SMILES string of the molecule is BrC1OC(OCc2ccccc2)C(OCc2ccccc2)C(OCc2ccccc2)C1OCc1ccccc1. The third kappa shape index (κ3) is 8.08. The van der Waals surface area contributed by atoms with Crippen molar-refractivity contribution in [2.75, 3.05) is 0 Å². The number of rotatable bonds is 12. The second-order valence-electron chi connectivity index (χ2n) is 9.44. The summed E-state index contributed by atoms with van der Waals surface area (Å²) in [6, 6.07) is 40.3. The lowest BCUT2D eigenvalue weighted by Gasteiger charge is -2.44. The van der Waals surface area contributed by atoms with Crippen molar-refractivity contribution in [3.63, 3.8) is 0 Å². The van der Waals surface area contributed by atoms with Crippen molar-refractivity contribution in [3.05, 3.63) is 144 Å². The Morgan fingerprint density at radius 3 is 1.18 bits per heavy atom. The van der Waals surface area contributed by atoms with Gasteiger partial charge in [0.2, 0.25) is 0 Å². The predicted octanol–water partition coefficient (Wildman–Crippen LogP) is 7.04. The fourth-order valence-corrected chi connectivity index (χ4v) is 5.16.